The monoisotopic (exact) mass is 205 g/mol. The van der Waals surface area contributed by atoms with E-state index in [1.54, 1.807) is 12.4 Å². The van der Waals surface area contributed by atoms with Gasteiger partial charge in [0.1, 0.15) is 6.29 Å². The summed E-state index contributed by atoms with van der Waals surface area (Å²) in [5, 5.41) is 0. The molecule has 0 unspecified atom stereocenters. The van der Waals surface area contributed by atoms with E-state index in [1.807, 2.05) is 0 Å². The second-order valence-corrected chi connectivity index (χ2v) is 3.81. The smallest absolute Gasteiger partial charge is 0.225 e. The van der Waals surface area contributed by atoms with Crippen molar-refractivity contribution in [2.75, 3.05) is 18.0 Å². The zero-order valence-corrected chi connectivity index (χ0v) is 8.72. The summed E-state index contributed by atoms with van der Waals surface area (Å²) < 4.78 is 0. The maximum absolute atomic E-state index is 10.3. The summed E-state index contributed by atoms with van der Waals surface area (Å²) in [6, 6.07) is 0. The van der Waals surface area contributed by atoms with Crippen LogP contribution in [0.1, 0.15) is 24.8 Å². The Morgan fingerprint density at radius 3 is 2.47 bits per heavy atom. The maximum Gasteiger partial charge on any atom is 0.225 e. The van der Waals surface area contributed by atoms with E-state index >= 15 is 0 Å². The van der Waals surface area contributed by atoms with Crippen molar-refractivity contribution in [2.45, 2.75) is 25.7 Å². The van der Waals surface area contributed by atoms with Crippen LogP contribution in [0.4, 0.5) is 5.95 Å². The Labute approximate surface area is 89.3 Å². The molecule has 2 heterocycles. The fourth-order valence-electron chi connectivity index (χ4n) is 1.81. The third-order valence-electron chi connectivity index (χ3n) is 2.65. The number of rotatable bonds is 3. The summed E-state index contributed by atoms with van der Waals surface area (Å²) in [6.45, 7) is 2.10. The molecule has 4 heteroatoms. The van der Waals surface area contributed by atoms with Crippen LogP contribution < -0.4 is 4.90 Å². The van der Waals surface area contributed by atoms with Gasteiger partial charge in [-0.25, -0.2) is 9.97 Å². The second-order valence-electron chi connectivity index (χ2n) is 3.81. The first kappa shape index (κ1) is 10.1. The standard InChI is InChI=1S/C11H15N3O/c15-7-4-10-8-12-11(13-9-10)14-5-2-1-3-6-14/h7-9H,1-6H2. The molecule has 1 fully saturated rings. The van der Waals surface area contributed by atoms with Crippen LogP contribution in [0, 0.1) is 0 Å². The van der Waals surface area contributed by atoms with E-state index in [1.165, 1.54) is 19.3 Å². The molecule has 0 aromatic carbocycles. The lowest BCUT2D eigenvalue weighted by Crippen LogP contribution is -2.30. The number of carbonyl (C=O) groups is 1. The molecule has 80 valence electrons. The maximum atomic E-state index is 10.3. The van der Waals surface area contributed by atoms with Crippen molar-refractivity contribution in [2.24, 2.45) is 0 Å². The fraction of sp³-hybridized carbons (Fsp3) is 0.545. The Balaban J connectivity index is 2.04. The molecule has 1 aliphatic heterocycles. The minimum Gasteiger partial charge on any atom is -0.341 e. The Kier molecular flexibility index (Phi) is 3.27. The minimum atomic E-state index is 0.403. The third kappa shape index (κ3) is 2.52. The molecule has 4 nitrogen and oxygen atoms in total. The van der Waals surface area contributed by atoms with Gasteiger partial charge >= 0.3 is 0 Å². The van der Waals surface area contributed by atoms with Gasteiger partial charge in [-0.2, -0.15) is 0 Å². The Morgan fingerprint density at radius 2 is 1.87 bits per heavy atom. The van der Waals surface area contributed by atoms with Gasteiger partial charge in [0.05, 0.1) is 0 Å². The number of aromatic nitrogens is 2. The predicted octanol–water partition coefficient (Wildman–Crippen LogP) is 1.21. The van der Waals surface area contributed by atoms with Crippen molar-refractivity contribution < 1.29 is 4.79 Å². The molecule has 1 aliphatic rings. The molecule has 0 aliphatic carbocycles. The normalized spacial score (nSPS) is 16.4. The second kappa shape index (κ2) is 4.87. The summed E-state index contributed by atoms with van der Waals surface area (Å²) >= 11 is 0. The highest BCUT2D eigenvalue weighted by atomic mass is 16.1. The lowest BCUT2D eigenvalue weighted by Gasteiger charge is -2.26. The van der Waals surface area contributed by atoms with Crippen molar-refractivity contribution >= 4 is 12.2 Å². The molecule has 0 saturated carbocycles. The van der Waals surface area contributed by atoms with Crippen LogP contribution >= 0.6 is 0 Å². The van der Waals surface area contributed by atoms with Crippen LogP contribution in [0.5, 0.6) is 0 Å². The van der Waals surface area contributed by atoms with Crippen molar-refractivity contribution in [1.29, 1.82) is 0 Å². The molecule has 1 aromatic rings. The van der Waals surface area contributed by atoms with Crippen LogP contribution in [0.2, 0.25) is 0 Å². The molecule has 0 N–H and O–H groups in total. The van der Waals surface area contributed by atoms with E-state index in [0.717, 1.165) is 30.9 Å². The van der Waals surface area contributed by atoms with E-state index < -0.39 is 0 Å². The number of anilines is 1. The van der Waals surface area contributed by atoms with Gasteiger partial charge in [-0.3, -0.25) is 0 Å². The van der Waals surface area contributed by atoms with Crippen LogP contribution in [-0.4, -0.2) is 29.3 Å². The highest BCUT2D eigenvalue weighted by Crippen LogP contribution is 2.14. The minimum absolute atomic E-state index is 0.403. The van der Waals surface area contributed by atoms with Crippen molar-refractivity contribution in [3.63, 3.8) is 0 Å². The van der Waals surface area contributed by atoms with Crippen LogP contribution in [0.15, 0.2) is 12.4 Å². The first-order chi connectivity index (χ1) is 7.40. The van der Waals surface area contributed by atoms with Gasteiger partial charge in [0.15, 0.2) is 0 Å². The molecule has 0 radical (unpaired) electrons. The lowest BCUT2D eigenvalue weighted by atomic mass is 10.1. The molecular weight excluding hydrogens is 190 g/mol. The summed E-state index contributed by atoms with van der Waals surface area (Å²) in [4.78, 5) is 21.1. The zero-order valence-electron chi connectivity index (χ0n) is 8.72. The molecule has 1 aromatic heterocycles. The zero-order chi connectivity index (χ0) is 10.5. The van der Waals surface area contributed by atoms with E-state index in [0.29, 0.717) is 6.42 Å². The summed E-state index contributed by atoms with van der Waals surface area (Å²) in [5.41, 5.74) is 0.880. The highest BCUT2D eigenvalue weighted by Gasteiger charge is 2.12. The first-order valence-corrected chi connectivity index (χ1v) is 5.39. The summed E-state index contributed by atoms with van der Waals surface area (Å²) in [7, 11) is 0. The van der Waals surface area contributed by atoms with E-state index in [9.17, 15) is 4.79 Å². The average Bonchev–Trinajstić information content (AvgIpc) is 2.32. The largest absolute Gasteiger partial charge is 0.341 e. The lowest BCUT2D eigenvalue weighted by molar-refractivity contribution is -0.107. The van der Waals surface area contributed by atoms with Gasteiger partial charge in [-0.15, -0.1) is 0 Å². The van der Waals surface area contributed by atoms with Crippen LogP contribution in [0.25, 0.3) is 0 Å². The quantitative estimate of drug-likeness (QED) is 0.696. The van der Waals surface area contributed by atoms with E-state index in [2.05, 4.69) is 14.9 Å². The molecule has 15 heavy (non-hydrogen) atoms. The fourth-order valence-corrected chi connectivity index (χ4v) is 1.81. The third-order valence-corrected chi connectivity index (χ3v) is 2.65. The van der Waals surface area contributed by atoms with Gasteiger partial charge in [-0.1, -0.05) is 0 Å². The van der Waals surface area contributed by atoms with Crippen molar-refractivity contribution in [3.8, 4) is 0 Å². The highest BCUT2D eigenvalue weighted by molar-refractivity contribution is 5.54. The van der Waals surface area contributed by atoms with Gasteiger partial charge in [-0.05, 0) is 24.8 Å². The number of hydrogen-bond acceptors (Lipinski definition) is 4. The summed E-state index contributed by atoms with van der Waals surface area (Å²) in [5.74, 6) is 0.796. The Bertz CT molecular complexity index is 317. The first-order valence-electron chi connectivity index (χ1n) is 5.39. The predicted molar refractivity (Wildman–Crippen MR) is 57.9 cm³/mol. The van der Waals surface area contributed by atoms with Crippen molar-refractivity contribution in [1.82, 2.24) is 9.97 Å². The van der Waals surface area contributed by atoms with Gasteiger partial charge in [0.2, 0.25) is 5.95 Å². The summed E-state index contributed by atoms with van der Waals surface area (Å²) in [6.07, 6.45) is 8.51. The average molecular weight is 205 g/mol. The molecule has 0 amide bonds. The van der Waals surface area contributed by atoms with Gasteiger partial charge in [0, 0.05) is 31.9 Å². The molecular formula is C11H15N3O. The topological polar surface area (TPSA) is 46.1 Å². The van der Waals surface area contributed by atoms with Crippen molar-refractivity contribution in [3.05, 3.63) is 18.0 Å². The van der Waals surface area contributed by atoms with Gasteiger partial charge in [0.25, 0.3) is 0 Å². The van der Waals surface area contributed by atoms with Crippen LogP contribution in [-0.2, 0) is 11.2 Å². The number of nitrogens with zero attached hydrogens (tertiary/aromatic N) is 3. The van der Waals surface area contributed by atoms with Crippen LogP contribution in [0.3, 0.4) is 0 Å². The molecule has 0 bridgehead atoms. The molecule has 2 rings (SSSR count). The number of carbonyl (C=O) groups excluding carboxylic acids is 1. The number of piperidine rings is 1. The number of aldehydes is 1. The van der Waals surface area contributed by atoms with E-state index in [4.69, 9.17) is 0 Å². The SMILES string of the molecule is O=CCc1cnc(N2CCCCC2)nc1. The Hall–Kier alpha value is -1.45. The molecule has 1 saturated heterocycles. The van der Waals surface area contributed by atoms with Gasteiger partial charge < -0.3 is 9.69 Å². The Morgan fingerprint density at radius 1 is 1.20 bits per heavy atom. The number of hydrogen-bond donors (Lipinski definition) is 0. The van der Waals surface area contributed by atoms with E-state index in [-0.39, 0.29) is 0 Å². The molecule has 0 spiro atoms. The molecule has 0 atom stereocenters.